The highest BCUT2D eigenvalue weighted by Crippen LogP contribution is 2.23. The molecule has 116 valence electrons. The Balaban J connectivity index is 2.34. The summed E-state index contributed by atoms with van der Waals surface area (Å²) in [5.74, 6) is -1.52. The van der Waals surface area contributed by atoms with E-state index in [1.165, 1.54) is 30.5 Å². The predicted octanol–water partition coefficient (Wildman–Crippen LogP) is 1.98. The molecule has 1 aromatic carbocycles. The zero-order chi connectivity index (χ0) is 16.1. The number of nitrogens with zero attached hydrogens (tertiary/aromatic N) is 1. The Bertz CT molecular complexity index is 635. The molecule has 0 unspecified atom stereocenters. The molecule has 22 heavy (non-hydrogen) atoms. The van der Waals surface area contributed by atoms with E-state index in [9.17, 15) is 19.7 Å². The van der Waals surface area contributed by atoms with Gasteiger partial charge in [0.05, 0.1) is 11.5 Å². The third kappa shape index (κ3) is 3.69. The Kier molecular flexibility index (Phi) is 4.88. The van der Waals surface area contributed by atoms with Gasteiger partial charge in [-0.1, -0.05) is 12.1 Å². The molecule has 1 N–H and O–H groups in total. The highest BCUT2D eigenvalue weighted by molar-refractivity contribution is 6.25. The SMILES string of the molecule is CCOC(=O)C(=CNC1CC1)C(=O)c1ccccc1[N+](=O)[O-]. The molecule has 0 aromatic heterocycles. The van der Waals surface area contributed by atoms with E-state index in [0.29, 0.717) is 0 Å². The minimum absolute atomic E-state index is 0.115. The molecule has 7 nitrogen and oxygen atoms in total. The van der Waals surface area contributed by atoms with E-state index in [4.69, 9.17) is 4.74 Å². The van der Waals surface area contributed by atoms with Gasteiger partial charge in [-0.3, -0.25) is 14.9 Å². The number of nitrogens with one attached hydrogen (secondary N) is 1. The van der Waals surface area contributed by atoms with E-state index >= 15 is 0 Å². The number of esters is 1. The van der Waals surface area contributed by atoms with Crippen LogP contribution in [0.3, 0.4) is 0 Å². The highest BCUT2D eigenvalue weighted by Gasteiger charge is 2.28. The van der Waals surface area contributed by atoms with Gasteiger partial charge in [-0.05, 0) is 25.8 Å². The van der Waals surface area contributed by atoms with Gasteiger partial charge in [-0.25, -0.2) is 4.79 Å². The molecule has 0 saturated heterocycles. The summed E-state index contributed by atoms with van der Waals surface area (Å²) in [7, 11) is 0. The highest BCUT2D eigenvalue weighted by atomic mass is 16.6. The first-order valence-electron chi connectivity index (χ1n) is 6.96. The number of nitro benzene ring substituents is 1. The van der Waals surface area contributed by atoms with Gasteiger partial charge in [-0.2, -0.15) is 0 Å². The van der Waals surface area contributed by atoms with E-state index in [2.05, 4.69) is 5.32 Å². The smallest absolute Gasteiger partial charge is 0.343 e. The first-order valence-corrected chi connectivity index (χ1v) is 6.96. The Morgan fingerprint density at radius 1 is 1.41 bits per heavy atom. The van der Waals surface area contributed by atoms with Gasteiger partial charge in [-0.15, -0.1) is 0 Å². The van der Waals surface area contributed by atoms with E-state index in [-0.39, 0.29) is 29.5 Å². The zero-order valence-corrected chi connectivity index (χ0v) is 12.1. The lowest BCUT2D eigenvalue weighted by Gasteiger charge is -2.07. The number of ether oxygens (including phenoxy) is 1. The molecule has 0 amide bonds. The molecule has 2 rings (SSSR count). The number of benzene rings is 1. The number of carbonyl (C=O) groups is 2. The normalized spacial score (nSPS) is 14.3. The molecule has 1 aliphatic rings. The van der Waals surface area contributed by atoms with Crippen LogP contribution >= 0.6 is 0 Å². The molecule has 1 fully saturated rings. The molecule has 0 heterocycles. The van der Waals surface area contributed by atoms with Crippen LogP contribution in [0.15, 0.2) is 36.0 Å². The van der Waals surface area contributed by atoms with Crippen molar-refractivity contribution >= 4 is 17.4 Å². The lowest BCUT2D eigenvalue weighted by atomic mass is 10.0. The van der Waals surface area contributed by atoms with Crippen molar-refractivity contribution < 1.29 is 19.2 Å². The summed E-state index contributed by atoms with van der Waals surface area (Å²) in [6.07, 6.45) is 3.23. The second-order valence-corrected chi connectivity index (χ2v) is 4.82. The van der Waals surface area contributed by atoms with E-state index in [1.807, 2.05) is 0 Å². The van der Waals surface area contributed by atoms with Crippen LogP contribution in [0.2, 0.25) is 0 Å². The van der Waals surface area contributed by atoms with E-state index in [0.717, 1.165) is 12.8 Å². The fraction of sp³-hybridized carbons (Fsp3) is 0.333. The quantitative estimate of drug-likeness (QED) is 0.157. The van der Waals surface area contributed by atoms with Gasteiger partial charge in [0.1, 0.15) is 11.1 Å². The largest absolute Gasteiger partial charge is 0.462 e. The summed E-state index contributed by atoms with van der Waals surface area (Å²) < 4.78 is 4.86. The standard InChI is InChI=1S/C15H16N2O5/c1-2-22-15(19)12(9-16-10-7-8-10)14(18)11-5-3-4-6-13(11)17(20)21/h3-6,9-10,16H,2,7-8H2,1H3. The number of carbonyl (C=O) groups excluding carboxylic acids is 2. The zero-order valence-electron chi connectivity index (χ0n) is 12.1. The van der Waals surface area contributed by atoms with Crippen molar-refractivity contribution in [1.29, 1.82) is 0 Å². The Labute approximate surface area is 127 Å². The van der Waals surface area contributed by atoms with Crippen molar-refractivity contribution in [3.63, 3.8) is 0 Å². The maximum Gasteiger partial charge on any atom is 0.343 e. The molecular formula is C15H16N2O5. The minimum atomic E-state index is -0.793. The van der Waals surface area contributed by atoms with Crippen molar-refractivity contribution in [2.24, 2.45) is 0 Å². The molecule has 1 aromatic rings. The number of Topliss-reactive ketones (excluding diaryl/α,β-unsaturated/α-hetero) is 1. The first kappa shape index (κ1) is 15.7. The molecular weight excluding hydrogens is 288 g/mol. The molecule has 1 saturated carbocycles. The Morgan fingerprint density at radius 2 is 2.09 bits per heavy atom. The fourth-order valence-corrected chi connectivity index (χ4v) is 1.85. The number of nitro groups is 1. The number of hydrogen-bond donors (Lipinski definition) is 1. The van der Waals surface area contributed by atoms with Crippen LogP contribution in [-0.4, -0.2) is 29.3 Å². The van der Waals surface area contributed by atoms with Gasteiger partial charge in [0.15, 0.2) is 0 Å². The van der Waals surface area contributed by atoms with Crippen molar-refractivity contribution in [2.75, 3.05) is 6.61 Å². The van der Waals surface area contributed by atoms with Crippen molar-refractivity contribution in [3.8, 4) is 0 Å². The lowest BCUT2D eigenvalue weighted by molar-refractivity contribution is -0.385. The Hall–Kier alpha value is -2.70. The third-order valence-electron chi connectivity index (χ3n) is 3.13. The van der Waals surface area contributed by atoms with Gasteiger partial charge in [0, 0.05) is 18.3 Å². The summed E-state index contributed by atoms with van der Waals surface area (Å²) in [6.45, 7) is 1.74. The van der Waals surface area contributed by atoms with Gasteiger partial charge in [0.2, 0.25) is 5.78 Å². The van der Waals surface area contributed by atoms with Crippen LogP contribution in [-0.2, 0) is 9.53 Å². The number of rotatable bonds is 7. The van der Waals surface area contributed by atoms with Crippen LogP contribution in [0.1, 0.15) is 30.1 Å². The number of para-hydroxylation sites is 1. The second-order valence-electron chi connectivity index (χ2n) is 4.82. The summed E-state index contributed by atoms with van der Waals surface area (Å²) >= 11 is 0. The van der Waals surface area contributed by atoms with Gasteiger partial charge < -0.3 is 10.1 Å². The van der Waals surface area contributed by atoms with Crippen molar-refractivity contribution in [3.05, 3.63) is 51.7 Å². The third-order valence-corrected chi connectivity index (χ3v) is 3.13. The molecule has 0 aliphatic heterocycles. The topological polar surface area (TPSA) is 98.5 Å². The fourth-order valence-electron chi connectivity index (χ4n) is 1.85. The van der Waals surface area contributed by atoms with Crippen LogP contribution in [0.5, 0.6) is 0 Å². The number of ketones is 1. The maximum absolute atomic E-state index is 12.5. The van der Waals surface area contributed by atoms with E-state index in [1.54, 1.807) is 6.92 Å². The first-order chi connectivity index (χ1) is 10.5. The van der Waals surface area contributed by atoms with Crippen LogP contribution < -0.4 is 5.32 Å². The molecule has 0 bridgehead atoms. The van der Waals surface area contributed by atoms with Gasteiger partial charge in [0.25, 0.3) is 5.69 Å². The average Bonchev–Trinajstić information content (AvgIpc) is 3.31. The molecule has 7 heteroatoms. The second kappa shape index (κ2) is 6.84. The Morgan fingerprint density at radius 3 is 2.68 bits per heavy atom. The summed E-state index contributed by atoms with van der Waals surface area (Å²) in [5.41, 5.74) is -0.707. The summed E-state index contributed by atoms with van der Waals surface area (Å²) in [4.78, 5) is 34.8. The van der Waals surface area contributed by atoms with E-state index < -0.39 is 16.7 Å². The summed E-state index contributed by atoms with van der Waals surface area (Å²) in [5, 5.41) is 14.0. The lowest BCUT2D eigenvalue weighted by Crippen LogP contribution is -2.21. The number of hydrogen-bond acceptors (Lipinski definition) is 6. The minimum Gasteiger partial charge on any atom is -0.462 e. The monoisotopic (exact) mass is 304 g/mol. The van der Waals surface area contributed by atoms with Crippen molar-refractivity contribution in [2.45, 2.75) is 25.8 Å². The molecule has 0 radical (unpaired) electrons. The summed E-state index contributed by atoms with van der Waals surface area (Å²) in [6, 6.07) is 5.76. The van der Waals surface area contributed by atoms with Crippen LogP contribution in [0.25, 0.3) is 0 Å². The predicted molar refractivity (Wildman–Crippen MR) is 78.3 cm³/mol. The average molecular weight is 304 g/mol. The molecule has 0 spiro atoms. The molecule has 0 atom stereocenters. The van der Waals surface area contributed by atoms with Crippen LogP contribution in [0, 0.1) is 10.1 Å². The van der Waals surface area contributed by atoms with Gasteiger partial charge >= 0.3 is 5.97 Å². The van der Waals surface area contributed by atoms with Crippen LogP contribution in [0.4, 0.5) is 5.69 Å². The molecule has 1 aliphatic carbocycles. The maximum atomic E-state index is 12.5. The van der Waals surface area contributed by atoms with Crippen molar-refractivity contribution in [1.82, 2.24) is 5.32 Å².